The van der Waals surface area contributed by atoms with Gasteiger partial charge in [-0.3, -0.25) is 0 Å². The molecule has 1 amide bonds. The van der Waals surface area contributed by atoms with Crippen LogP contribution in [0.25, 0.3) is 0 Å². The highest BCUT2D eigenvalue weighted by Crippen LogP contribution is 2.32. The van der Waals surface area contributed by atoms with E-state index in [1.165, 1.54) is 11.1 Å². The average Bonchev–Trinajstić information content (AvgIpc) is 2.47. The van der Waals surface area contributed by atoms with E-state index in [1.807, 2.05) is 25.7 Å². The van der Waals surface area contributed by atoms with Crippen molar-refractivity contribution in [2.24, 2.45) is 5.41 Å². The fourth-order valence-electron chi connectivity index (χ4n) is 3.61. The minimum atomic E-state index is -0.449. The highest BCUT2D eigenvalue weighted by molar-refractivity contribution is 5.68. The van der Waals surface area contributed by atoms with Crippen molar-refractivity contribution in [1.29, 1.82) is 0 Å². The topological polar surface area (TPSA) is 41.6 Å². The van der Waals surface area contributed by atoms with E-state index in [-0.39, 0.29) is 11.5 Å². The van der Waals surface area contributed by atoms with Crippen molar-refractivity contribution >= 4 is 6.09 Å². The molecule has 1 aromatic rings. The van der Waals surface area contributed by atoms with Crippen molar-refractivity contribution in [3.63, 3.8) is 0 Å². The third-order valence-electron chi connectivity index (χ3n) is 4.99. The number of aryl methyl sites for hydroxylation is 1. The Labute approximate surface area is 152 Å². The fraction of sp³-hybridized carbons (Fsp3) is 0.667. The van der Waals surface area contributed by atoms with E-state index in [9.17, 15) is 4.79 Å². The van der Waals surface area contributed by atoms with Crippen LogP contribution in [0.1, 0.15) is 65.1 Å². The Morgan fingerprint density at radius 3 is 2.52 bits per heavy atom. The number of likely N-dealkylation sites (tertiary alicyclic amines) is 1. The number of hydrogen-bond acceptors (Lipinski definition) is 3. The summed E-state index contributed by atoms with van der Waals surface area (Å²) in [4.78, 5) is 14.2. The van der Waals surface area contributed by atoms with Crippen LogP contribution in [-0.2, 0) is 4.74 Å². The lowest BCUT2D eigenvalue weighted by Crippen LogP contribution is -2.56. The molecule has 1 N–H and O–H groups in total. The summed E-state index contributed by atoms with van der Waals surface area (Å²) in [7, 11) is 0. The number of nitrogens with one attached hydrogen (secondary N) is 1. The first-order valence-corrected chi connectivity index (χ1v) is 9.29. The van der Waals surface area contributed by atoms with Gasteiger partial charge in [-0.15, -0.1) is 0 Å². The van der Waals surface area contributed by atoms with E-state index < -0.39 is 5.60 Å². The number of ether oxygens (including phenoxy) is 1. The molecule has 0 aromatic heterocycles. The standard InChI is InChI=1S/C21H34N2O2/c1-15-10-8-9-11-17(15)16(2)22-18-12-13-23(14-21(18,6)7)19(24)25-20(3,4)5/h8-11,16,18,22H,12-14H2,1-7H3. The molecule has 4 heteroatoms. The Morgan fingerprint density at radius 1 is 1.32 bits per heavy atom. The molecule has 0 spiro atoms. The third kappa shape index (κ3) is 5.21. The zero-order chi connectivity index (χ0) is 18.8. The van der Waals surface area contributed by atoms with Crippen molar-refractivity contribution in [3.05, 3.63) is 35.4 Å². The van der Waals surface area contributed by atoms with E-state index in [1.54, 1.807) is 0 Å². The van der Waals surface area contributed by atoms with Gasteiger partial charge in [-0.1, -0.05) is 38.1 Å². The molecule has 0 saturated carbocycles. The highest BCUT2D eigenvalue weighted by Gasteiger charge is 2.39. The fourth-order valence-corrected chi connectivity index (χ4v) is 3.61. The summed E-state index contributed by atoms with van der Waals surface area (Å²) >= 11 is 0. The molecule has 1 aliphatic heterocycles. The number of piperidine rings is 1. The number of hydrogen-bond donors (Lipinski definition) is 1. The van der Waals surface area contributed by atoms with Gasteiger partial charge in [-0.05, 0) is 57.6 Å². The van der Waals surface area contributed by atoms with Crippen LogP contribution in [0.15, 0.2) is 24.3 Å². The van der Waals surface area contributed by atoms with Crippen LogP contribution in [0.5, 0.6) is 0 Å². The van der Waals surface area contributed by atoms with Gasteiger partial charge in [-0.2, -0.15) is 0 Å². The summed E-state index contributed by atoms with van der Waals surface area (Å²) in [6, 6.07) is 9.17. The molecule has 0 aliphatic carbocycles. The van der Waals surface area contributed by atoms with E-state index in [2.05, 4.69) is 57.3 Å². The first-order valence-electron chi connectivity index (χ1n) is 9.29. The first-order chi connectivity index (χ1) is 11.5. The molecule has 1 aliphatic rings. The number of amides is 1. The third-order valence-corrected chi connectivity index (χ3v) is 4.99. The van der Waals surface area contributed by atoms with Crippen molar-refractivity contribution in [2.45, 2.75) is 72.6 Å². The van der Waals surface area contributed by atoms with E-state index in [4.69, 9.17) is 4.74 Å². The quantitative estimate of drug-likeness (QED) is 0.864. The molecular formula is C21H34N2O2. The Balaban J connectivity index is 2.01. The number of carbonyl (C=O) groups is 1. The largest absolute Gasteiger partial charge is 0.444 e. The Hall–Kier alpha value is -1.55. The normalized spacial score (nSPS) is 21.7. The molecule has 0 bridgehead atoms. The van der Waals surface area contributed by atoms with Crippen LogP contribution >= 0.6 is 0 Å². The molecule has 2 unspecified atom stereocenters. The molecule has 4 nitrogen and oxygen atoms in total. The zero-order valence-electron chi connectivity index (χ0n) is 16.8. The summed E-state index contributed by atoms with van der Waals surface area (Å²) < 4.78 is 5.54. The number of benzene rings is 1. The van der Waals surface area contributed by atoms with Crippen LogP contribution < -0.4 is 5.32 Å². The SMILES string of the molecule is Cc1ccccc1C(C)NC1CCN(C(=O)OC(C)(C)C)CC1(C)C. The lowest BCUT2D eigenvalue weighted by molar-refractivity contribution is 0.00132. The van der Waals surface area contributed by atoms with E-state index in [0.717, 1.165) is 13.0 Å². The summed E-state index contributed by atoms with van der Waals surface area (Å²) in [6.45, 7) is 16.0. The second kappa shape index (κ2) is 7.36. The van der Waals surface area contributed by atoms with Crippen LogP contribution in [0, 0.1) is 12.3 Å². The van der Waals surface area contributed by atoms with Gasteiger partial charge in [0, 0.05) is 25.2 Å². The monoisotopic (exact) mass is 346 g/mol. The molecule has 140 valence electrons. The maximum absolute atomic E-state index is 12.4. The maximum atomic E-state index is 12.4. The summed E-state index contributed by atoms with van der Waals surface area (Å²) in [5.74, 6) is 0. The van der Waals surface area contributed by atoms with Gasteiger partial charge < -0.3 is 15.0 Å². The molecule has 0 radical (unpaired) electrons. The predicted octanol–water partition coefficient (Wildman–Crippen LogP) is 4.68. The molecule has 1 saturated heterocycles. The Kier molecular flexibility index (Phi) is 5.82. The second-order valence-electron chi connectivity index (χ2n) is 8.98. The van der Waals surface area contributed by atoms with Gasteiger partial charge in [0.05, 0.1) is 0 Å². The molecule has 1 aromatic carbocycles. The van der Waals surface area contributed by atoms with Gasteiger partial charge in [0.1, 0.15) is 5.60 Å². The molecule has 25 heavy (non-hydrogen) atoms. The molecule has 1 heterocycles. The van der Waals surface area contributed by atoms with Crippen LogP contribution in [0.3, 0.4) is 0 Å². The first kappa shape index (κ1) is 19.8. The Morgan fingerprint density at radius 2 is 1.96 bits per heavy atom. The molecule has 2 rings (SSSR count). The highest BCUT2D eigenvalue weighted by atomic mass is 16.6. The van der Waals surface area contributed by atoms with Crippen LogP contribution in [0.4, 0.5) is 4.79 Å². The van der Waals surface area contributed by atoms with Crippen LogP contribution in [0.2, 0.25) is 0 Å². The Bertz CT molecular complexity index is 604. The summed E-state index contributed by atoms with van der Waals surface area (Å²) in [5, 5.41) is 3.80. The van der Waals surface area contributed by atoms with E-state index >= 15 is 0 Å². The smallest absolute Gasteiger partial charge is 0.410 e. The van der Waals surface area contributed by atoms with Gasteiger partial charge in [0.15, 0.2) is 0 Å². The number of nitrogens with zero attached hydrogens (tertiary/aromatic N) is 1. The molecule has 2 atom stereocenters. The summed E-state index contributed by atoms with van der Waals surface area (Å²) in [6.07, 6.45) is 0.730. The molecular weight excluding hydrogens is 312 g/mol. The van der Waals surface area contributed by atoms with Gasteiger partial charge in [0.2, 0.25) is 0 Å². The number of rotatable bonds is 3. The van der Waals surface area contributed by atoms with Gasteiger partial charge >= 0.3 is 6.09 Å². The predicted molar refractivity (Wildman–Crippen MR) is 103 cm³/mol. The maximum Gasteiger partial charge on any atom is 0.410 e. The number of carbonyl (C=O) groups excluding carboxylic acids is 1. The van der Waals surface area contributed by atoms with Crippen molar-refractivity contribution in [2.75, 3.05) is 13.1 Å². The van der Waals surface area contributed by atoms with Crippen molar-refractivity contribution in [3.8, 4) is 0 Å². The van der Waals surface area contributed by atoms with Crippen molar-refractivity contribution in [1.82, 2.24) is 10.2 Å². The van der Waals surface area contributed by atoms with E-state index in [0.29, 0.717) is 18.6 Å². The molecule has 1 fully saturated rings. The minimum Gasteiger partial charge on any atom is -0.444 e. The summed E-state index contributed by atoms with van der Waals surface area (Å²) in [5.41, 5.74) is 2.20. The van der Waals surface area contributed by atoms with Gasteiger partial charge in [-0.25, -0.2) is 4.79 Å². The van der Waals surface area contributed by atoms with Crippen LogP contribution in [-0.4, -0.2) is 35.7 Å². The zero-order valence-corrected chi connectivity index (χ0v) is 16.8. The van der Waals surface area contributed by atoms with Crippen molar-refractivity contribution < 1.29 is 9.53 Å². The van der Waals surface area contributed by atoms with Gasteiger partial charge in [0.25, 0.3) is 0 Å². The second-order valence-corrected chi connectivity index (χ2v) is 8.98. The lowest BCUT2D eigenvalue weighted by Gasteiger charge is -2.45. The lowest BCUT2D eigenvalue weighted by atomic mass is 9.78. The minimum absolute atomic E-state index is 0.00784. The average molecular weight is 347 g/mol.